The molecule has 0 aliphatic heterocycles. The van der Waals surface area contributed by atoms with Crippen LogP contribution in [0.4, 0.5) is 0 Å². The number of hydrogen-bond acceptors (Lipinski definition) is 0. The largest absolute Gasteiger partial charge is 0.123 e. The van der Waals surface area contributed by atoms with Gasteiger partial charge in [-0.15, -0.1) is 23.2 Å². The van der Waals surface area contributed by atoms with Gasteiger partial charge < -0.3 is 0 Å². The molecule has 2 unspecified atom stereocenters. The normalized spacial score (nSPS) is 15.1. The Labute approximate surface area is 96.2 Å². The third-order valence-electron chi connectivity index (χ3n) is 2.03. The van der Waals surface area contributed by atoms with Crippen molar-refractivity contribution in [3.63, 3.8) is 0 Å². The lowest BCUT2D eigenvalue weighted by Gasteiger charge is -2.07. The van der Waals surface area contributed by atoms with Gasteiger partial charge in [0.1, 0.15) is 0 Å². The molecule has 0 aliphatic carbocycles. The summed E-state index contributed by atoms with van der Waals surface area (Å²) in [6.07, 6.45) is 1.85. The second-order valence-electron chi connectivity index (χ2n) is 3.79. The van der Waals surface area contributed by atoms with Crippen LogP contribution in [0.15, 0.2) is 24.3 Å². The van der Waals surface area contributed by atoms with Gasteiger partial charge in [-0.2, -0.15) is 0 Å². The van der Waals surface area contributed by atoms with E-state index in [1.54, 1.807) is 0 Å². The van der Waals surface area contributed by atoms with Crippen molar-refractivity contribution in [3.05, 3.63) is 35.4 Å². The summed E-state index contributed by atoms with van der Waals surface area (Å²) in [7, 11) is 0. The molecule has 0 spiro atoms. The van der Waals surface area contributed by atoms with Gasteiger partial charge in [-0.05, 0) is 37.8 Å². The van der Waals surface area contributed by atoms with E-state index in [1.165, 1.54) is 11.1 Å². The Morgan fingerprint density at radius 1 is 1.00 bits per heavy atom. The van der Waals surface area contributed by atoms with Gasteiger partial charge in [0.2, 0.25) is 0 Å². The summed E-state index contributed by atoms with van der Waals surface area (Å²) in [6.45, 7) is 4.02. The highest BCUT2D eigenvalue weighted by molar-refractivity contribution is 6.20. The maximum absolute atomic E-state index is 5.94. The lowest BCUT2D eigenvalue weighted by molar-refractivity contribution is 0.905. The van der Waals surface area contributed by atoms with Crippen molar-refractivity contribution in [1.82, 2.24) is 0 Å². The Bertz CT molecular complexity index is 254. The first-order chi connectivity index (χ1) is 6.58. The number of benzene rings is 1. The minimum absolute atomic E-state index is 0.193. The molecule has 0 heterocycles. The Kier molecular flexibility index (Phi) is 4.77. The maximum Gasteiger partial charge on any atom is 0.0348 e. The molecule has 14 heavy (non-hydrogen) atoms. The third-order valence-corrected chi connectivity index (χ3v) is 2.33. The molecule has 1 aromatic rings. The standard InChI is InChI=1S/C12H16Cl2/c1-9(13)6-11-4-3-5-12(8-11)7-10(2)14/h3-5,8-10H,6-7H2,1-2H3. The molecule has 0 aliphatic rings. The molecule has 1 aromatic carbocycles. The van der Waals surface area contributed by atoms with Gasteiger partial charge in [0.05, 0.1) is 0 Å². The number of hydrogen-bond donors (Lipinski definition) is 0. The van der Waals surface area contributed by atoms with E-state index in [1.807, 2.05) is 13.8 Å². The Morgan fingerprint density at radius 2 is 1.43 bits per heavy atom. The predicted octanol–water partition coefficient (Wildman–Crippen LogP) is 4.03. The number of alkyl halides is 2. The topological polar surface area (TPSA) is 0 Å². The van der Waals surface area contributed by atoms with Gasteiger partial charge in [-0.25, -0.2) is 0 Å². The number of rotatable bonds is 4. The first-order valence-corrected chi connectivity index (χ1v) is 5.81. The first kappa shape index (κ1) is 11.9. The van der Waals surface area contributed by atoms with E-state index in [2.05, 4.69) is 24.3 Å². The zero-order chi connectivity index (χ0) is 10.6. The van der Waals surface area contributed by atoms with Crippen LogP contribution in [0.3, 0.4) is 0 Å². The third kappa shape index (κ3) is 4.34. The molecule has 0 fully saturated rings. The summed E-state index contributed by atoms with van der Waals surface area (Å²) < 4.78 is 0. The predicted molar refractivity (Wildman–Crippen MR) is 64.5 cm³/mol. The maximum atomic E-state index is 5.94. The van der Waals surface area contributed by atoms with Gasteiger partial charge in [-0.1, -0.05) is 24.3 Å². The molecule has 0 saturated carbocycles. The molecule has 2 atom stereocenters. The molecule has 2 heteroatoms. The molecule has 78 valence electrons. The van der Waals surface area contributed by atoms with E-state index >= 15 is 0 Å². The van der Waals surface area contributed by atoms with Crippen LogP contribution >= 0.6 is 23.2 Å². The second-order valence-corrected chi connectivity index (χ2v) is 5.28. The van der Waals surface area contributed by atoms with Gasteiger partial charge >= 0.3 is 0 Å². The molecular weight excluding hydrogens is 215 g/mol. The molecule has 0 amide bonds. The van der Waals surface area contributed by atoms with Crippen LogP contribution in [0.5, 0.6) is 0 Å². The smallest absolute Gasteiger partial charge is 0.0348 e. The van der Waals surface area contributed by atoms with Crippen molar-refractivity contribution < 1.29 is 0 Å². The van der Waals surface area contributed by atoms with E-state index < -0.39 is 0 Å². The van der Waals surface area contributed by atoms with Gasteiger partial charge in [0, 0.05) is 10.8 Å². The number of halogens is 2. The van der Waals surface area contributed by atoms with Gasteiger partial charge in [0.15, 0.2) is 0 Å². The van der Waals surface area contributed by atoms with Crippen molar-refractivity contribution in [3.8, 4) is 0 Å². The van der Waals surface area contributed by atoms with Gasteiger partial charge in [0.25, 0.3) is 0 Å². The summed E-state index contributed by atoms with van der Waals surface area (Å²) >= 11 is 11.9. The van der Waals surface area contributed by atoms with Gasteiger partial charge in [-0.3, -0.25) is 0 Å². The summed E-state index contributed by atoms with van der Waals surface area (Å²) in [4.78, 5) is 0. The average Bonchev–Trinajstić information content (AvgIpc) is 2.01. The first-order valence-electron chi connectivity index (χ1n) is 4.94. The molecule has 1 rings (SSSR count). The van der Waals surface area contributed by atoms with E-state index in [4.69, 9.17) is 23.2 Å². The Hall–Kier alpha value is -0.200. The van der Waals surface area contributed by atoms with Crippen LogP contribution in [-0.2, 0) is 12.8 Å². The fourth-order valence-electron chi connectivity index (χ4n) is 1.53. The lowest BCUT2D eigenvalue weighted by Crippen LogP contribution is -2.00. The summed E-state index contributed by atoms with van der Waals surface area (Å²) in [5, 5.41) is 0.386. The molecule has 0 N–H and O–H groups in total. The van der Waals surface area contributed by atoms with E-state index in [0.717, 1.165) is 12.8 Å². The second kappa shape index (κ2) is 5.63. The van der Waals surface area contributed by atoms with Crippen molar-refractivity contribution >= 4 is 23.2 Å². The van der Waals surface area contributed by atoms with Crippen molar-refractivity contribution in [2.24, 2.45) is 0 Å². The van der Waals surface area contributed by atoms with E-state index in [0.29, 0.717) is 0 Å². The lowest BCUT2D eigenvalue weighted by atomic mass is 10.0. The average molecular weight is 231 g/mol. The van der Waals surface area contributed by atoms with E-state index in [9.17, 15) is 0 Å². The summed E-state index contributed by atoms with van der Waals surface area (Å²) in [5.74, 6) is 0. The molecule has 0 nitrogen and oxygen atoms in total. The fourth-order valence-corrected chi connectivity index (χ4v) is 1.89. The van der Waals surface area contributed by atoms with Crippen LogP contribution < -0.4 is 0 Å². The Balaban J connectivity index is 2.68. The minimum Gasteiger partial charge on any atom is -0.123 e. The quantitative estimate of drug-likeness (QED) is 0.686. The SMILES string of the molecule is CC(Cl)Cc1cccc(CC(C)Cl)c1. The van der Waals surface area contributed by atoms with Crippen molar-refractivity contribution in [2.75, 3.05) is 0 Å². The zero-order valence-corrected chi connectivity index (χ0v) is 10.1. The minimum atomic E-state index is 0.193. The van der Waals surface area contributed by atoms with Crippen molar-refractivity contribution in [1.29, 1.82) is 0 Å². The zero-order valence-electron chi connectivity index (χ0n) is 8.63. The van der Waals surface area contributed by atoms with Crippen LogP contribution in [-0.4, -0.2) is 10.8 Å². The molecular formula is C12H16Cl2. The van der Waals surface area contributed by atoms with Crippen LogP contribution in [0.1, 0.15) is 25.0 Å². The monoisotopic (exact) mass is 230 g/mol. The summed E-state index contributed by atoms with van der Waals surface area (Å²) in [5.41, 5.74) is 2.59. The van der Waals surface area contributed by atoms with Crippen LogP contribution in [0.2, 0.25) is 0 Å². The highest BCUT2D eigenvalue weighted by Crippen LogP contribution is 2.13. The fraction of sp³-hybridized carbons (Fsp3) is 0.500. The van der Waals surface area contributed by atoms with Crippen LogP contribution in [0.25, 0.3) is 0 Å². The summed E-state index contributed by atoms with van der Waals surface area (Å²) in [6, 6.07) is 8.49. The molecule has 0 saturated heterocycles. The highest BCUT2D eigenvalue weighted by atomic mass is 35.5. The molecule has 0 radical (unpaired) electrons. The highest BCUT2D eigenvalue weighted by Gasteiger charge is 2.02. The molecule has 0 aromatic heterocycles. The van der Waals surface area contributed by atoms with Crippen LogP contribution in [0, 0.1) is 0 Å². The van der Waals surface area contributed by atoms with Crippen molar-refractivity contribution in [2.45, 2.75) is 37.4 Å². The molecule has 0 bridgehead atoms. The van der Waals surface area contributed by atoms with E-state index in [-0.39, 0.29) is 10.8 Å². The Morgan fingerprint density at radius 3 is 1.79 bits per heavy atom.